The minimum Gasteiger partial charge on any atom is -0.327 e. The summed E-state index contributed by atoms with van der Waals surface area (Å²) in [5.41, 5.74) is 7.15. The highest BCUT2D eigenvalue weighted by Crippen LogP contribution is 2.48. The fourth-order valence-electron chi connectivity index (χ4n) is 2.30. The Morgan fingerprint density at radius 2 is 2.29 bits per heavy atom. The van der Waals surface area contributed by atoms with E-state index in [1.54, 1.807) is 0 Å². The lowest BCUT2D eigenvalue weighted by Gasteiger charge is -2.42. The van der Waals surface area contributed by atoms with Gasteiger partial charge in [-0.25, -0.2) is 0 Å². The average Bonchev–Trinajstić information content (AvgIpc) is 2.41. The Morgan fingerprint density at radius 3 is 2.71 bits per heavy atom. The smallest absolute Gasteiger partial charge is 0.0979 e. The Bertz CT molecular complexity index is 337. The van der Waals surface area contributed by atoms with Gasteiger partial charge in [0.05, 0.1) is 8.67 Å². The van der Waals surface area contributed by atoms with Gasteiger partial charge in [0.15, 0.2) is 0 Å². The van der Waals surface area contributed by atoms with E-state index >= 15 is 0 Å². The van der Waals surface area contributed by atoms with Crippen LogP contribution < -0.4 is 5.73 Å². The van der Waals surface area contributed by atoms with Crippen molar-refractivity contribution in [3.63, 3.8) is 0 Å². The van der Waals surface area contributed by atoms with Crippen molar-refractivity contribution in [1.29, 1.82) is 0 Å². The summed E-state index contributed by atoms with van der Waals surface area (Å²) in [4.78, 5) is 0. The molecule has 0 bridgehead atoms. The molecule has 78 valence electrons. The predicted molar refractivity (Wildman–Crippen MR) is 63.5 cm³/mol. The monoisotopic (exact) mass is 249 g/mol. The molecule has 0 radical (unpaired) electrons. The van der Waals surface area contributed by atoms with Gasteiger partial charge in [-0.3, -0.25) is 0 Å². The van der Waals surface area contributed by atoms with Crippen LogP contribution in [0.4, 0.5) is 0 Å². The largest absolute Gasteiger partial charge is 0.327 e. The number of nitrogens with two attached hydrogens (primary N) is 1. The maximum atomic E-state index is 6.12. The topological polar surface area (TPSA) is 26.0 Å². The second kappa shape index (κ2) is 4.01. The first kappa shape index (κ1) is 10.7. The maximum absolute atomic E-state index is 6.12. The fraction of sp³-hybridized carbons (Fsp3) is 0.600. The fourth-order valence-corrected chi connectivity index (χ4v) is 3.89. The number of rotatable bonds is 2. The summed E-state index contributed by atoms with van der Waals surface area (Å²) in [5, 5.41) is 0. The molecule has 4 heteroatoms. The lowest BCUT2D eigenvalue weighted by Crippen LogP contribution is -2.45. The van der Waals surface area contributed by atoms with Crippen LogP contribution in [0.3, 0.4) is 0 Å². The number of hydrogen-bond donors (Lipinski definition) is 1. The predicted octanol–water partition coefficient (Wildman–Crippen LogP) is 3.90. The zero-order chi connectivity index (χ0) is 10.3. The first-order valence-corrected chi connectivity index (χ1v) is 6.41. The van der Waals surface area contributed by atoms with Gasteiger partial charge < -0.3 is 5.73 Å². The molecule has 1 aliphatic carbocycles. The zero-order valence-corrected chi connectivity index (χ0v) is 10.3. The molecule has 1 aromatic heterocycles. The first-order chi connectivity index (χ1) is 6.63. The van der Waals surface area contributed by atoms with Crippen molar-refractivity contribution in [1.82, 2.24) is 0 Å². The summed E-state index contributed by atoms with van der Waals surface area (Å²) in [6.07, 6.45) is 2.17. The normalized spacial score (nSPS) is 31.6. The van der Waals surface area contributed by atoms with Crippen LogP contribution in [0.15, 0.2) is 6.07 Å². The number of thiophene rings is 1. The van der Waals surface area contributed by atoms with E-state index < -0.39 is 0 Å². The van der Waals surface area contributed by atoms with Crippen molar-refractivity contribution in [3.05, 3.63) is 20.3 Å². The van der Waals surface area contributed by atoms with Gasteiger partial charge in [-0.2, -0.15) is 0 Å². The van der Waals surface area contributed by atoms with Crippen LogP contribution in [-0.4, -0.2) is 6.04 Å². The molecule has 2 rings (SSSR count). The van der Waals surface area contributed by atoms with Crippen LogP contribution in [0.25, 0.3) is 0 Å². The molecule has 1 saturated carbocycles. The number of halogens is 2. The lowest BCUT2D eigenvalue weighted by molar-refractivity contribution is 0.199. The van der Waals surface area contributed by atoms with Gasteiger partial charge in [-0.1, -0.05) is 36.5 Å². The highest BCUT2D eigenvalue weighted by molar-refractivity contribution is 7.20. The third-order valence-electron chi connectivity index (χ3n) is 3.15. The second-order valence-corrected chi connectivity index (χ2v) is 6.14. The van der Waals surface area contributed by atoms with Crippen molar-refractivity contribution < 1.29 is 0 Å². The van der Waals surface area contributed by atoms with Gasteiger partial charge in [-0.15, -0.1) is 11.3 Å². The molecule has 0 amide bonds. The third kappa shape index (κ3) is 1.69. The Hall–Kier alpha value is 0.240. The van der Waals surface area contributed by atoms with Crippen LogP contribution in [0, 0.1) is 5.92 Å². The highest BCUT2D eigenvalue weighted by Gasteiger charge is 2.39. The highest BCUT2D eigenvalue weighted by atomic mass is 35.5. The lowest BCUT2D eigenvalue weighted by atomic mass is 9.66. The minimum atomic E-state index is 0.347. The molecular formula is C10H13Cl2NS. The molecule has 0 aliphatic heterocycles. The molecule has 3 unspecified atom stereocenters. The molecule has 14 heavy (non-hydrogen) atoms. The Morgan fingerprint density at radius 1 is 1.57 bits per heavy atom. The van der Waals surface area contributed by atoms with Gasteiger partial charge in [-0.05, 0) is 29.9 Å². The van der Waals surface area contributed by atoms with E-state index in [1.807, 2.05) is 6.07 Å². The maximum Gasteiger partial charge on any atom is 0.0979 e. The van der Waals surface area contributed by atoms with Crippen LogP contribution in [0.5, 0.6) is 0 Å². The third-order valence-corrected chi connectivity index (χ3v) is 4.66. The van der Waals surface area contributed by atoms with Crippen LogP contribution in [0.1, 0.15) is 31.2 Å². The van der Waals surface area contributed by atoms with E-state index in [0.29, 0.717) is 17.9 Å². The molecule has 1 nitrogen and oxygen atoms in total. The Kier molecular flexibility index (Phi) is 3.08. The molecule has 1 aromatic rings. The van der Waals surface area contributed by atoms with E-state index in [4.69, 9.17) is 28.9 Å². The van der Waals surface area contributed by atoms with Crippen molar-refractivity contribution in [2.75, 3.05) is 0 Å². The summed E-state index contributed by atoms with van der Waals surface area (Å²) in [7, 11) is 0. The summed E-state index contributed by atoms with van der Waals surface area (Å²) >= 11 is 13.5. The van der Waals surface area contributed by atoms with E-state index in [9.17, 15) is 0 Å². The van der Waals surface area contributed by atoms with Crippen LogP contribution >= 0.6 is 34.5 Å². The van der Waals surface area contributed by atoms with Crippen LogP contribution in [0.2, 0.25) is 8.67 Å². The van der Waals surface area contributed by atoms with Gasteiger partial charge in [0.1, 0.15) is 0 Å². The molecule has 1 fully saturated rings. The standard InChI is InChI=1S/C10H13Cl2NS/c1-2-5-6(3-8(5)13)7-4-9(11)14-10(7)12/h4-6,8H,2-3,13H2,1H3. The van der Waals surface area contributed by atoms with Gasteiger partial charge >= 0.3 is 0 Å². The molecule has 0 aromatic carbocycles. The second-order valence-electron chi connectivity index (χ2n) is 3.86. The zero-order valence-electron chi connectivity index (χ0n) is 7.97. The molecule has 1 heterocycles. The SMILES string of the molecule is CCC1C(N)CC1c1cc(Cl)sc1Cl. The minimum absolute atomic E-state index is 0.347. The Labute approximate surface area is 98.2 Å². The van der Waals surface area contributed by atoms with Crippen molar-refractivity contribution >= 4 is 34.5 Å². The average molecular weight is 250 g/mol. The quantitative estimate of drug-likeness (QED) is 0.846. The molecule has 0 spiro atoms. The van der Waals surface area contributed by atoms with Gasteiger partial charge in [0, 0.05) is 6.04 Å². The summed E-state index contributed by atoms with van der Waals surface area (Å²) in [6.45, 7) is 2.18. The first-order valence-electron chi connectivity index (χ1n) is 4.83. The van der Waals surface area contributed by atoms with Crippen molar-refractivity contribution in [3.8, 4) is 0 Å². The summed E-state index contributed by atoms with van der Waals surface area (Å²) < 4.78 is 1.62. The number of hydrogen-bond acceptors (Lipinski definition) is 2. The van der Waals surface area contributed by atoms with Crippen molar-refractivity contribution in [2.45, 2.75) is 31.7 Å². The van der Waals surface area contributed by atoms with E-state index in [-0.39, 0.29) is 0 Å². The molecule has 0 saturated heterocycles. The Balaban J connectivity index is 2.20. The summed E-state index contributed by atoms with van der Waals surface area (Å²) in [6, 6.07) is 2.34. The molecule has 2 N–H and O–H groups in total. The van der Waals surface area contributed by atoms with Crippen LogP contribution in [-0.2, 0) is 0 Å². The summed E-state index contributed by atoms with van der Waals surface area (Å²) in [5.74, 6) is 1.12. The van der Waals surface area contributed by atoms with E-state index in [0.717, 1.165) is 21.5 Å². The molecule has 3 atom stereocenters. The molecule has 1 aliphatic rings. The van der Waals surface area contributed by atoms with Gasteiger partial charge in [0.2, 0.25) is 0 Å². The van der Waals surface area contributed by atoms with Crippen molar-refractivity contribution in [2.24, 2.45) is 11.7 Å². The van der Waals surface area contributed by atoms with E-state index in [2.05, 4.69) is 6.92 Å². The van der Waals surface area contributed by atoms with Gasteiger partial charge in [0.25, 0.3) is 0 Å². The van der Waals surface area contributed by atoms with E-state index in [1.165, 1.54) is 16.9 Å². The molecular weight excluding hydrogens is 237 g/mol.